The van der Waals surface area contributed by atoms with E-state index in [2.05, 4.69) is 176 Å². The zero-order chi connectivity index (χ0) is 35.1. The summed E-state index contributed by atoms with van der Waals surface area (Å²) in [4.78, 5) is 10.5. The van der Waals surface area contributed by atoms with Crippen LogP contribution in [0.15, 0.2) is 194 Å². The van der Waals surface area contributed by atoms with Crippen LogP contribution in [0.1, 0.15) is 0 Å². The molecule has 0 amide bonds. The van der Waals surface area contributed by atoms with Gasteiger partial charge in [-0.1, -0.05) is 146 Å². The molecule has 0 aliphatic carbocycles. The summed E-state index contributed by atoms with van der Waals surface area (Å²) in [7, 11) is 0. The SMILES string of the molecule is c1ccc(-c2nc(-c3cc(-c4ccc5ccccc5c4)cc(-c4ccc5sc6ccccc6c5c4)c3)cc(-c3ccccc3-c3ccccc3)n2)cc1. The molecular formula is C50H32N2S. The van der Waals surface area contributed by atoms with E-state index in [-0.39, 0.29) is 0 Å². The summed E-state index contributed by atoms with van der Waals surface area (Å²) in [5.74, 6) is 0.699. The molecule has 0 saturated carbocycles. The number of hydrogen-bond acceptors (Lipinski definition) is 3. The Morgan fingerprint density at radius 3 is 1.70 bits per heavy atom. The van der Waals surface area contributed by atoms with E-state index in [1.54, 1.807) is 0 Å². The van der Waals surface area contributed by atoms with Gasteiger partial charge in [0.2, 0.25) is 0 Å². The Bertz CT molecular complexity index is 2950. The van der Waals surface area contributed by atoms with Crippen LogP contribution < -0.4 is 0 Å². The molecule has 10 rings (SSSR count). The lowest BCUT2D eigenvalue weighted by Crippen LogP contribution is -1.97. The molecule has 2 heterocycles. The highest BCUT2D eigenvalue weighted by Crippen LogP contribution is 2.40. The first-order valence-electron chi connectivity index (χ1n) is 17.9. The summed E-state index contributed by atoms with van der Waals surface area (Å²) in [6, 6.07) is 69.3. The molecule has 0 spiro atoms. The Kier molecular flexibility index (Phi) is 7.71. The largest absolute Gasteiger partial charge is 0.228 e. The summed E-state index contributed by atoms with van der Waals surface area (Å²) in [5, 5.41) is 5.03. The molecule has 0 N–H and O–H groups in total. The van der Waals surface area contributed by atoms with Crippen LogP contribution >= 0.6 is 11.3 Å². The van der Waals surface area contributed by atoms with Crippen molar-refractivity contribution in [2.45, 2.75) is 0 Å². The zero-order valence-corrected chi connectivity index (χ0v) is 29.6. The third kappa shape index (κ3) is 5.87. The van der Waals surface area contributed by atoms with Crippen LogP contribution in [0.5, 0.6) is 0 Å². The van der Waals surface area contributed by atoms with E-state index in [1.165, 1.54) is 42.1 Å². The van der Waals surface area contributed by atoms with Crippen LogP contribution in [0.25, 0.3) is 98.2 Å². The highest BCUT2D eigenvalue weighted by Gasteiger charge is 2.16. The van der Waals surface area contributed by atoms with Crippen LogP contribution in [0, 0.1) is 0 Å². The van der Waals surface area contributed by atoms with Gasteiger partial charge in [-0.25, -0.2) is 9.97 Å². The molecule has 8 aromatic carbocycles. The molecular weight excluding hydrogens is 661 g/mol. The fourth-order valence-electron chi connectivity index (χ4n) is 7.41. The van der Waals surface area contributed by atoms with E-state index in [0.29, 0.717) is 5.82 Å². The van der Waals surface area contributed by atoms with Crippen LogP contribution in [0.2, 0.25) is 0 Å². The minimum absolute atomic E-state index is 0.699. The molecule has 248 valence electrons. The number of nitrogens with zero attached hydrogens (tertiary/aromatic N) is 2. The average Bonchev–Trinajstić information content (AvgIpc) is 3.62. The Morgan fingerprint density at radius 1 is 0.302 bits per heavy atom. The van der Waals surface area contributed by atoms with Gasteiger partial charge in [0.05, 0.1) is 11.4 Å². The number of rotatable bonds is 6. The van der Waals surface area contributed by atoms with Gasteiger partial charge in [0.15, 0.2) is 5.82 Å². The summed E-state index contributed by atoms with van der Waals surface area (Å²) in [5.41, 5.74) is 11.8. The highest BCUT2D eigenvalue weighted by molar-refractivity contribution is 7.25. The number of aromatic nitrogens is 2. The second-order valence-electron chi connectivity index (χ2n) is 13.4. The lowest BCUT2D eigenvalue weighted by atomic mass is 9.92. The lowest BCUT2D eigenvalue weighted by Gasteiger charge is -2.15. The van der Waals surface area contributed by atoms with Gasteiger partial charge in [0.1, 0.15) is 0 Å². The molecule has 0 aliphatic heterocycles. The van der Waals surface area contributed by atoms with Crippen molar-refractivity contribution in [1.82, 2.24) is 9.97 Å². The van der Waals surface area contributed by atoms with E-state index >= 15 is 0 Å². The summed E-state index contributed by atoms with van der Waals surface area (Å²) < 4.78 is 2.61. The predicted molar refractivity (Wildman–Crippen MR) is 225 cm³/mol. The second kappa shape index (κ2) is 13.1. The molecule has 0 unspecified atom stereocenters. The fraction of sp³-hybridized carbons (Fsp3) is 0. The van der Waals surface area contributed by atoms with Crippen molar-refractivity contribution in [3.63, 3.8) is 0 Å². The number of fused-ring (bicyclic) bond motifs is 4. The average molecular weight is 693 g/mol. The molecule has 0 fully saturated rings. The molecule has 0 aliphatic rings. The van der Waals surface area contributed by atoms with E-state index in [0.717, 1.165) is 50.3 Å². The van der Waals surface area contributed by atoms with Gasteiger partial charge in [-0.2, -0.15) is 0 Å². The molecule has 0 saturated heterocycles. The summed E-state index contributed by atoms with van der Waals surface area (Å²) in [6.07, 6.45) is 0. The monoisotopic (exact) mass is 692 g/mol. The third-order valence-corrected chi connectivity index (χ3v) is 11.2. The van der Waals surface area contributed by atoms with Crippen LogP contribution in [0.3, 0.4) is 0 Å². The molecule has 0 bridgehead atoms. The van der Waals surface area contributed by atoms with Crippen LogP contribution in [-0.4, -0.2) is 9.97 Å². The maximum absolute atomic E-state index is 5.29. The zero-order valence-electron chi connectivity index (χ0n) is 28.8. The lowest BCUT2D eigenvalue weighted by molar-refractivity contribution is 1.18. The number of benzene rings is 8. The van der Waals surface area contributed by atoms with E-state index < -0.39 is 0 Å². The van der Waals surface area contributed by atoms with Crippen LogP contribution in [0.4, 0.5) is 0 Å². The highest BCUT2D eigenvalue weighted by atomic mass is 32.1. The fourth-order valence-corrected chi connectivity index (χ4v) is 8.50. The van der Waals surface area contributed by atoms with Gasteiger partial charge in [-0.15, -0.1) is 11.3 Å². The molecule has 53 heavy (non-hydrogen) atoms. The quantitative estimate of drug-likeness (QED) is 0.173. The summed E-state index contributed by atoms with van der Waals surface area (Å²) in [6.45, 7) is 0. The molecule has 0 radical (unpaired) electrons. The Hall–Kier alpha value is -6.68. The second-order valence-corrected chi connectivity index (χ2v) is 14.5. The predicted octanol–water partition coefficient (Wildman–Crippen LogP) is 14.0. The summed E-state index contributed by atoms with van der Waals surface area (Å²) >= 11 is 1.85. The van der Waals surface area contributed by atoms with Crippen molar-refractivity contribution in [3.8, 4) is 67.3 Å². The maximum Gasteiger partial charge on any atom is 0.160 e. The van der Waals surface area contributed by atoms with Crippen molar-refractivity contribution in [2.75, 3.05) is 0 Å². The van der Waals surface area contributed by atoms with E-state index in [1.807, 2.05) is 29.5 Å². The van der Waals surface area contributed by atoms with Gasteiger partial charge in [0, 0.05) is 36.9 Å². The normalized spacial score (nSPS) is 11.4. The Balaban J connectivity index is 1.21. The van der Waals surface area contributed by atoms with Crippen molar-refractivity contribution in [3.05, 3.63) is 194 Å². The molecule has 2 nitrogen and oxygen atoms in total. The third-order valence-electron chi connectivity index (χ3n) is 10.1. The molecule has 10 aromatic rings. The van der Waals surface area contributed by atoms with Gasteiger partial charge in [-0.05, 0) is 92.7 Å². The van der Waals surface area contributed by atoms with Crippen molar-refractivity contribution >= 4 is 42.3 Å². The Labute approximate surface area is 312 Å². The minimum Gasteiger partial charge on any atom is -0.228 e. The van der Waals surface area contributed by atoms with E-state index in [9.17, 15) is 0 Å². The minimum atomic E-state index is 0.699. The standard InChI is InChI=1S/C50H32N2S/c1-3-14-34(15-4-1)42-19-9-10-20-43(42)47-32-46(51-50(52-47)35-16-5-2-6-17-35)41-29-39(37-24-23-33-13-7-8-18-36(33)27-37)28-40(30-41)38-25-26-49-45(31-38)44-21-11-12-22-48(44)53-49/h1-32H. The molecule has 3 heteroatoms. The molecule has 2 aromatic heterocycles. The number of hydrogen-bond donors (Lipinski definition) is 0. The first kappa shape index (κ1) is 31.1. The van der Waals surface area contributed by atoms with Gasteiger partial charge < -0.3 is 0 Å². The first-order valence-corrected chi connectivity index (χ1v) is 18.7. The van der Waals surface area contributed by atoms with Crippen molar-refractivity contribution in [1.29, 1.82) is 0 Å². The Morgan fingerprint density at radius 2 is 0.887 bits per heavy atom. The molecule has 0 atom stereocenters. The topological polar surface area (TPSA) is 25.8 Å². The van der Waals surface area contributed by atoms with Gasteiger partial charge in [-0.3, -0.25) is 0 Å². The van der Waals surface area contributed by atoms with Crippen molar-refractivity contribution in [2.24, 2.45) is 0 Å². The van der Waals surface area contributed by atoms with Crippen LogP contribution in [-0.2, 0) is 0 Å². The van der Waals surface area contributed by atoms with Gasteiger partial charge >= 0.3 is 0 Å². The van der Waals surface area contributed by atoms with E-state index in [4.69, 9.17) is 9.97 Å². The number of thiophene rings is 1. The smallest absolute Gasteiger partial charge is 0.160 e. The first-order chi connectivity index (χ1) is 26.2. The maximum atomic E-state index is 5.29. The van der Waals surface area contributed by atoms with Crippen molar-refractivity contribution < 1.29 is 0 Å². The van der Waals surface area contributed by atoms with Gasteiger partial charge in [0.25, 0.3) is 0 Å².